The molecule has 0 N–H and O–H groups in total. The smallest absolute Gasteiger partial charge is 0.0462 e. The summed E-state index contributed by atoms with van der Waals surface area (Å²) in [6, 6.07) is 0.922. The number of nitriles is 1. The summed E-state index contributed by atoms with van der Waals surface area (Å²) in [5.74, 6) is 0. The van der Waals surface area contributed by atoms with Crippen LogP contribution < -0.4 is 0 Å². The van der Waals surface area contributed by atoms with E-state index in [9.17, 15) is 0 Å². The molecule has 0 aromatic heterocycles. The van der Waals surface area contributed by atoms with Crippen molar-refractivity contribution in [3.05, 3.63) is 0 Å². The first-order chi connectivity index (χ1) is 7.38. The summed E-state index contributed by atoms with van der Waals surface area (Å²) in [4.78, 5) is 2.73. The number of piperidine rings is 1. The summed E-state index contributed by atoms with van der Waals surface area (Å²) in [6.45, 7) is 10.8. The van der Waals surface area contributed by atoms with Crippen LogP contribution in [0.4, 0.5) is 0 Å². The van der Waals surface area contributed by atoms with Crippen LogP contribution in [0.15, 0.2) is 0 Å². The molecular formula is C13H26N2. The summed E-state index contributed by atoms with van der Waals surface area (Å²) in [6.07, 6.45) is 9.86. The van der Waals surface area contributed by atoms with Gasteiger partial charge in [0.2, 0.25) is 0 Å². The van der Waals surface area contributed by atoms with E-state index >= 15 is 0 Å². The maximum Gasteiger partial charge on any atom is 0.0462 e. The highest BCUT2D eigenvalue weighted by Crippen LogP contribution is 2.20. The van der Waals surface area contributed by atoms with Crippen molar-refractivity contribution in [2.75, 3.05) is 13.1 Å². The molecule has 0 bridgehead atoms. The Hall–Kier alpha value is -0.550. The maximum atomic E-state index is 6.50. The molecule has 1 unspecified atom stereocenters. The lowest BCUT2D eigenvalue weighted by molar-refractivity contribution is 0.137. The van der Waals surface area contributed by atoms with Crippen LogP contribution in [0.1, 0.15) is 58.8 Å². The molecule has 1 aliphatic rings. The lowest BCUT2D eigenvalue weighted by Crippen LogP contribution is -2.39. The van der Waals surface area contributed by atoms with E-state index in [1.54, 1.807) is 0 Å². The fraction of sp³-hybridized carbons (Fsp3) is 0.923. The second-order valence-electron chi connectivity index (χ2n) is 4.33. The number of hydrogen-bond donors (Lipinski definition) is 0. The molecule has 1 fully saturated rings. The Kier molecular flexibility index (Phi) is 9.62. The molecule has 2 nitrogen and oxygen atoms in total. The van der Waals surface area contributed by atoms with Crippen molar-refractivity contribution < 1.29 is 0 Å². The molecule has 0 saturated carbocycles. The van der Waals surface area contributed by atoms with Gasteiger partial charge in [-0.15, -0.1) is 0 Å². The van der Waals surface area contributed by atoms with Crippen LogP contribution in [0.25, 0.3) is 0 Å². The number of unbranched alkanes of at least 4 members (excludes halogenated alkanes) is 1. The summed E-state index contributed by atoms with van der Waals surface area (Å²) in [5.41, 5.74) is 0. The Morgan fingerprint density at radius 3 is 2.53 bits per heavy atom. The number of hydrogen-bond acceptors (Lipinski definition) is 2. The second kappa shape index (κ2) is 9.98. The Balaban J connectivity index is 0.000000921. The standard InChI is InChI=1S/C12H25N.CHN/c1-3-5-10-13-11-7-6-9-12(13)8-4-2;1-2/h12H,3-11H2,1-2H3;1H. The van der Waals surface area contributed by atoms with Crippen molar-refractivity contribution in [1.29, 1.82) is 5.26 Å². The van der Waals surface area contributed by atoms with Gasteiger partial charge in [-0.05, 0) is 38.8 Å². The van der Waals surface area contributed by atoms with E-state index in [-0.39, 0.29) is 0 Å². The van der Waals surface area contributed by atoms with Crippen molar-refractivity contribution in [3.8, 4) is 6.57 Å². The summed E-state index contributed by atoms with van der Waals surface area (Å²) in [7, 11) is 0. The normalized spacial score (nSPS) is 21.7. The summed E-state index contributed by atoms with van der Waals surface area (Å²) < 4.78 is 0. The Morgan fingerprint density at radius 1 is 1.20 bits per heavy atom. The molecule has 88 valence electrons. The van der Waals surface area contributed by atoms with Gasteiger partial charge in [0.1, 0.15) is 0 Å². The Morgan fingerprint density at radius 2 is 1.93 bits per heavy atom. The molecule has 1 heterocycles. The van der Waals surface area contributed by atoms with Gasteiger partial charge < -0.3 is 4.90 Å². The maximum absolute atomic E-state index is 6.50. The van der Waals surface area contributed by atoms with E-state index in [1.807, 2.05) is 0 Å². The third-order valence-electron chi connectivity index (χ3n) is 3.17. The van der Waals surface area contributed by atoms with Gasteiger partial charge in [-0.2, -0.15) is 0 Å². The van der Waals surface area contributed by atoms with E-state index in [1.165, 1.54) is 58.0 Å². The molecule has 0 radical (unpaired) electrons. The van der Waals surface area contributed by atoms with Crippen molar-refractivity contribution >= 4 is 0 Å². The van der Waals surface area contributed by atoms with Gasteiger partial charge in [0.25, 0.3) is 0 Å². The molecule has 0 aromatic rings. The lowest BCUT2D eigenvalue weighted by Gasteiger charge is -2.35. The van der Waals surface area contributed by atoms with Gasteiger partial charge in [0, 0.05) is 12.6 Å². The first kappa shape index (κ1) is 14.5. The zero-order valence-electron chi connectivity index (χ0n) is 10.4. The molecule has 1 atom stereocenters. The van der Waals surface area contributed by atoms with E-state index < -0.39 is 0 Å². The van der Waals surface area contributed by atoms with Crippen LogP contribution in [0, 0.1) is 11.8 Å². The fourth-order valence-electron chi connectivity index (χ4n) is 2.38. The highest BCUT2D eigenvalue weighted by molar-refractivity contribution is 4.76. The van der Waals surface area contributed by atoms with E-state index in [4.69, 9.17) is 5.26 Å². The van der Waals surface area contributed by atoms with E-state index in [2.05, 4.69) is 25.3 Å². The predicted molar refractivity (Wildman–Crippen MR) is 65.7 cm³/mol. The largest absolute Gasteiger partial charge is 0.300 e. The highest BCUT2D eigenvalue weighted by atomic mass is 15.2. The van der Waals surface area contributed by atoms with Crippen molar-refractivity contribution in [1.82, 2.24) is 4.90 Å². The first-order valence-electron chi connectivity index (χ1n) is 6.38. The minimum Gasteiger partial charge on any atom is -0.300 e. The minimum atomic E-state index is 0.922. The Labute approximate surface area is 95.3 Å². The van der Waals surface area contributed by atoms with Gasteiger partial charge in [0.05, 0.1) is 0 Å². The van der Waals surface area contributed by atoms with Crippen molar-refractivity contribution in [3.63, 3.8) is 0 Å². The SMILES string of the molecule is C#N.CCCCN1CCCCC1CCC. The second-order valence-corrected chi connectivity index (χ2v) is 4.33. The van der Waals surface area contributed by atoms with Crippen LogP contribution in [0.5, 0.6) is 0 Å². The minimum absolute atomic E-state index is 0.922. The van der Waals surface area contributed by atoms with Crippen LogP contribution >= 0.6 is 0 Å². The van der Waals surface area contributed by atoms with Crippen LogP contribution in [-0.4, -0.2) is 24.0 Å². The molecule has 0 aromatic carbocycles. The number of likely N-dealkylation sites (tertiary alicyclic amines) is 1. The van der Waals surface area contributed by atoms with Crippen LogP contribution in [-0.2, 0) is 0 Å². The van der Waals surface area contributed by atoms with Gasteiger partial charge in [0.15, 0.2) is 0 Å². The molecule has 1 aliphatic heterocycles. The molecule has 1 saturated heterocycles. The molecule has 1 rings (SSSR count). The van der Waals surface area contributed by atoms with Gasteiger partial charge >= 0.3 is 0 Å². The third kappa shape index (κ3) is 5.79. The predicted octanol–water partition coefficient (Wildman–Crippen LogP) is 3.58. The Bertz CT molecular complexity index is 152. The molecule has 0 spiro atoms. The first-order valence-corrected chi connectivity index (χ1v) is 6.38. The number of rotatable bonds is 5. The fourth-order valence-corrected chi connectivity index (χ4v) is 2.38. The molecule has 2 heteroatoms. The summed E-state index contributed by atoms with van der Waals surface area (Å²) >= 11 is 0. The van der Waals surface area contributed by atoms with E-state index in [0.717, 1.165) is 6.04 Å². The number of nitrogens with zero attached hydrogens (tertiary/aromatic N) is 2. The molecule has 15 heavy (non-hydrogen) atoms. The van der Waals surface area contributed by atoms with Gasteiger partial charge in [-0.1, -0.05) is 33.1 Å². The van der Waals surface area contributed by atoms with Crippen LogP contribution in [0.3, 0.4) is 0 Å². The third-order valence-corrected chi connectivity index (χ3v) is 3.17. The quantitative estimate of drug-likeness (QED) is 0.693. The average molecular weight is 210 g/mol. The van der Waals surface area contributed by atoms with Crippen molar-refractivity contribution in [2.45, 2.75) is 64.8 Å². The molecule has 0 aliphatic carbocycles. The zero-order valence-corrected chi connectivity index (χ0v) is 10.4. The lowest BCUT2D eigenvalue weighted by atomic mass is 9.98. The van der Waals surface area contributed by atoms with Crippen molar-refractivity contribution in [2.24, 2.45) is 0 Å². The molecular weight excluding hydrogens is 184 g/mol. The summed E-state index contributed by atoms with van der Waals surface area (Å²) in [5, 5.41) is 6.50. The average Bonchev–Trinajstić information content (AvgIpc) is 2.31. The van der Waals surface area contributed by atoms with Gasteiger partial charge in [-0.25, -0.2) is 5.26 Å². The monoisotopic (exact) mass is 210 g/mol. The van der Waals surface area contributed by atoms with E-state index in [0.29, 0.717) is 0 Å². The highest BCUT2D eigenvalue weighted by Gasteiger charge is 2.20. The topological polar surface area (TPSA) is 27.0 Å². The van der Waals surface area contributed by atoms with Crippen LogP contribution in [0.2, 0.25) is 0 Å². The molecule has 0 amide bonds. The van der Waals surface area contributed by atoms with Gasteiger partial charge in [-0.3, -0.25) is 0 Å². The zero-order chi connectivity index (χ0) is 11.5.